The Kier molecular flexibility index (Phi) is 16.8. The second-order valence-electron chi connectivity index (χ2n) is 12.9. The molecule has 0 spiro atoms. The molecule has 58 heavy (non-hydrogen) atoms. The highest BCUT2D eigenvalue weighted by molar-refractivity contribution is 6.08. The number of hydrogen-bond acceptors (Lipinski definition) is 12. The number of ketones is 2. The maximum absolute atomic E-state index is 11.7. The molecule has 0 saturated carbocycles. The van der Waals surface area contributed by atoms with Gasteiger partial charge in [0, 0.05) is 46.8 Å². The summed E-state index contributed by atoms with van der Waals surface area (Å²) in [6.07, 6.45) is 15.5. The van der Waals surface area contributed by atoms with Crippen LogP contribution in [0.3, 0.4) is 0 Å². The second-order valence-corrected chi connectivity index (χ2v) is 12.9. The van der Waals surface area contributed by atoms with Gasteiger partial charge in [0.15, 0.2) is 24.3 Å². The van der Waals surface area contributed by atoms with Crippen LogP contribution in [0.25, 0.3) is 0 Å². The van der Waals surface area contributed by atoms with Crippen molar-refractivity contribution in [3.8, 4) is 28.7 Å². The van der Waals surface area contributed by atoms with Gasteiger partial charge in [-0.3, -0.25) is 30.1 Å². The van der Waals surface area contributed by atoms with Gasteiger partial charge in [-0.15, -0.1) is 0 Å². The third-order valence-corrected chi connectivity index (χ3v) is 8.17. The smallest absolute Gasteiger partial charge is 0.187 e. The van der Waals surface area contributed by atoms with E-state index in [1.54, 1.807) is 49.4 Å². The van der Waals surface area contributed by atoms with Crippen LogP contribution in [0.1, 0.15) is 42.2 Å². The van der Waals surface area contributed by atoms with Crippen molar-refractivity contribution < 1.29 is 50.3 Å². The molecule has 2 aliphatic rings. The number of aromatic hydroxyl groups is 5. The number of carbonyl (C=O) groups excluding carboxylic acids is 2. The highest BCUT2D eigenvalue weighted by Crippen LogP contribution is 2.25. The summed E-state index contributed by atoms with van der Waals surface area (Å²) in [7, 11) is 0. The van der Waals surface area contributed by atoms with Crippen molar-refractivity contribution in [1.82, 2.24) is 10.1 Å². The van der Waals surface area contributed by atoms with E-state index < -0.39 is 0 Å². The molecule has 0 aromatic heterocycles. The van der Waals surface area contributed by atoms with Crippen LogP contribution in [0.5, 0.6) is 28.7 Å². The Hall–Kier alpha value is -7.35. The summed E-state index contributed by atoms with van der Waals surface area (Å²) in [6, 6.07) is 22.7. The number of carbonyl (C=O) groups is 2. The van der Waals surface area contributed by atoms with E-state index in [4.69, 9.17) is 5.11 Å². The molecule has 0 fully saturated rings. The summed E-state index contributed by atoms with van der Waals surface area (Å²) in [4.78, 5) is 23.2. The quantitative estimate of drug-likeness (QED) is 0.0288. The van der Waals surface area contributed by atoms with Gasteiger partial charge in [-0.2, -0.15) is 0 Å². The van der Waals surface area contributed by atoms with Crippen LogP contribution in [-0.2, 0) is 29.2 Å². The number of rotatable bonds is 9. The Labute approximate surface area is 336 Å². The molecule has 7 N–H and O–H groups in total. The van der Waals surface area contributed by atoms with Crippen LogP contribution in [0.15, 0.2) is 157 Å². The zero-order chi connectivity index (χ0) is 41.5. The van der Waals surface area contributed by atoms with Crippen molar-refractivity contribution in [1.29, 1.82) is 0 Å². The summed E-state index contributed by atoms with van der Waals surface area (Å²) in [5.74, 6) is -0.427. The normalized spacial score (nSPS) is 14.5. The lowest BCUT2D eigenvalue weighted by atomic mass is 10.0. The zero-order valence-corrected chi connectivity index (χ0v) is 31.2. The van der Waals surface area contributed by atoms with Crippen molar-refractivity contribution in [3.05, 3.63) is 190 Å². The molecule has 0 atom stereocenters. The van der Waals surface area contributed by atoms with Gasteiger partial charge >= 0.3 is 0 Å². The Morgan fingerprint density at radius 2 is 1.22 bits per heavy atom. The number of phenols is 5. The molecule has 4 aromatic rings. The molecule has 0 unspecified atom stereocenters. The summed E-state index contributed by atoms with van der Waals surface area (Å²) in [5, 5.41) is 80.2. The maximum Gasteiger partial charge on any atom is 0.187 e. The van der Waals surface area contributed by atoms with Crippen molar-refractivity contribution >= 4 is 17.8 Å². The van der Waals surface area contributed by atoms with Gasteiger partial charge in [0.2, 0.25) is 0 Å². The Morgan fingerprint density at radius 3 is 1.81 bits per heavy atom. The minimum absolute atomic E-state index is 0. The molecule has 0 amide bonds. The minimum atomic E-state index is -0.182. The molecule has 13 nitrogen and oxygen atoms in total. The van der Waals surface area contributed by atoms with E-state index in [1.165, 1.54) is 67.2 Å². The summed E-state index contributed by atoms with van der Waals surface area (Å²) < 4.78 is 0.738. The highest BCUT2D eigenvalue weighted by Gasteiger charge is 2.12. The predicted octanol–water partition coefficient (Wildman–Crippen LogP) is 7.59. The maximum atomic E-state index is 11.7. The van der Waals surface area contributed by atoms with Crippen LogP contribution < -0.4 is 0 Å². The highest BCUT2D eigenvalue weighted by atomic mass is 16.5. The summed E-state index contributed by atoms with van der Waals surface area (Å²) in [5.41, 5.74) is 4.86. The van der Waals surface area contributed by atoms with Crippen molar-refractivity contribution in [3.63, 3.8) is 0 Å². The molecular formula is C45H47N3O10. The molecule has 302 valence electrons. The molecule has 2 aliphatic carbocycles. The topological polar surface area (TPSA) is 208 Å². The number of benzene rings is 4. The van der Waals surface area contributed by atoms with E-state index in [9.17, 15) is 45.6 Å². The van der Waals surface area contributed by atoms with E-state index in [0.29, 0.717) is 22.3 Å². The molecule has 0 radical (unpaired) electrons. The Morgan fingerprint density at radius 1 is 0.638 bits per heavy atom. The average molecular weight is 790 g/mol. The molecule has 0 bridgehead atoms. The fourth-order valence-electron chi connectivity index (χ4n) is 5.15. The molecule has 13 heteroatoms. The van der Waals surface area contributed by atoms with E-state index in [0.717, 1.165) is 37.1 Å². The standard InChI is InChI=1S/C15H15NO4.C15H15NO3.C14H13NO3.CH4/c1-10-2-3-11(14(18)6-10)8-16(20)9-12-4-5-13(17)7-15(12)19;1-11-6-7-12(8-15(11)18)9-16(19)10-13-4-2-3-5-14(13)17;16-13-7-6-12(14(17)8-13)10-15(18)9-11-4-2-1-3-5-11;/h2-8,17,19-20H,9H2,1H3;2-8,10,18-19H,9H2,1H3;1-9,16-17H,10H2;1H4/b;;15-9-;. The van der Waals surface area contributed by atoms with Crippen molar-refractivity contribution in [2.45, 2.75) is 40.9 Å². The van der Waals surface area contributed by atoms with Crippen LogP contribution in [0.2, 0.25) is 0 Å². The number of aryl methyl sites for hydroxylation is 1. The minimum Gasteiger partial charge on any atom is -0.624 e. The number of phenolic OH excluding ortho intramolecular Hbond substituents is 5. The molecule has 4 aromatic carbocycles. The SMILES string of the molecule is C.CC1=CC(=O)C(=CN(O)Cc2ccc(O)cc2O)C=C1.Cc1ccc(CN(O)C=C2C=CC=CC2=O)cc1O.[O-]/[N+](=C\c1ccccc1)Cc1ccc(O)cc1O. The molecule has 0 heterocycles. The fraction of sp³-hybridized carbons (Fsp3) is 0.133. The van der Waals surface area contributed by atoms with E-state index in [2.05, 4.69) is 0 Å². The molecule has 0 saturated heterocycles. The van der Waals surface area contributed by atoms with Crippen LogP contribution in [0.4, 0.5) is 0 Å². The average Bonchev–Trinajstić information content (AvgIpc) is 3.15. The lowest BCUT2D eigenvalue weighted by Gasteiger charge is -2.15. The first kappa shape index (κ1) is 45.0. The Balaban J connectivity index is 0.000000231. The third kappa shape index (κ3) is 14.4. The first-order chi connectivity index (χ1) is 27.2. The largest absolute Gasteiger partial charge is 0.624 e. The Bertz CT molecular complexity index is 2290. The summed E-state index contributed by atoms with van der Waals surface area (Å²) in [6.45, 7) is 3.84. The van der Waals surface area contributed by atoms with Crippen molar-refractivity contribution in [2.24, 2.45) is 0 Å². The monoisotopic (exact) mass is 789 g/mol. The van der Waals surface area contributed by atoms with Crippen LogP contribution in [0, 0.1) is 12.1 Å². The van der Waals surface area contributed by atoms with E-state index >= 15 is 0 Å². The van der Waals surface area contributed by atoms with E-state index in [-0.39, 0.29) is 67.4 Å². The fourth-order valence-corrected chi connectivity index (χ4v) is 5.15. The third-order valence-electron chi connectivity index (χ3n) is 8.17. The van der Waals surface area contributed by atoms with Crippen molar-refractivity contribution in [2.75, 3.05) is 0 Å². The van der Waals surface area contributed by atoms with Gasteiger partial charge in [0.25, 0.3) is 0 Å². The molecule has 6 rings (SSSR count). The van der Waals surface area contributed by atoms with Gasteiger partial charge in [-0.1, -0.05) is 56.0 Å². The summed E-state index contributed by atoms with van der Waals surface area (Å²) >= 11 is 0. The van der Waals surface area contributed by atoms with Gasteiger partial charge in [-0.25, -0.2) is 4.74 Å². The first-order valence-electron chi connectivity index (χ1n) is 17.4. The number of hydrogen-bond donors (Lipinski definition) is 7. The molecule has 0 aliphatic heterocycles. The lowest BCUT2D eigenvalue weighted by Crippen LogP contribution is -2.14. The van der Waals surface area contributed by atoms with Gasteiger partial charge in [0.05, 0.1) is 18.7 Å². The lowest BCUT2D eigenvalue weighted by molar-refractivity contribution is -0.469. The van der Waals surface area contributed by atoms with Gasteiger partial charge in [-0.05, 0) is 97.3 Å². The number of hydroxylamine groups is 5. The van der Waals surface area contributed by atoms with Crippen LogP contribution in [-0.4, -0.2) is 68.6 Å². The zero-order valence-electron chi connectivity index (χ0n) is 31.2. The number of nitrogens with zero attached hydrogens (tertiary/aromatic N) is 3. The first-order valence-corrected chi connectivity index (χ1v) is 17.4. The van der Waals surface area contributed by atoms with Gasteiger partial charge in [0.1, 0.15) is 28.7 Å². The van der Waals surface area contributed by atoms with Gasteiger partial charge < -0.3 is 30.7 Å². The molecular weight excluding hydrogens is 743 g/mol. The predicted molar refractivity (Wildman–Crippen MR) is 220 cm³/mol. The second kappa shape index (κ2) is 21.7. The van der Waals surface area contributed by atoms with Crippen LogP contribution >= 0.6 is 0 Å². The number of allylic oxidation sites excluding steroid dienone is 10. The van der Waals surface area contributed by atoms with E-state index in [1.807, 2.05) is 43.3 Å².